The number of nitrogens with zero attached hydrogens (tertiary/aromatic N) is 5. The number of aryl methyl sites for hydroxylation is 1. The fraction of sp³-hybridized carbons (Fsp3) is 0.458. The molecule has 3 heterocycles. The highest BCUT2D eigenvalue weighted by Gasteiger charge is 2.24. The van der Waals surface area contributed by atoms with Crippen molar-refractivity contribution in [1.82, 2.24) is 24.4 Å². The first-order chi connectivity index (χ1) is 14.6. The van der Waals surface area contributed by atoms with Crippen molar-refractivity contribution in [1.29, 1.82) is 0 Å². The molecule has 0 aliphatic carbocycles. The Balaban J connectivity index is 1.36. The summed E-state index contributed by atoms with van der Waals surface area (Å²) in [7, 11) is 4.16. The fourth-order valence-electron chi connectivity index (χ4n) is 4.36. The predicted molar refractivity (Wildman–Crippen MR) is 118 cm³/mol. The van der Waals surface area contributed by atoms with Gasteiger partial charge in [-0.2, -0.15) is 5.10 Å². The summed E-state index contributed by atoms with van der Waals surface area (Å²) in [5.74, 6) is 0.850. The molecule has 0 atom stereocenters. The van der Waals surface area contributed by atoms with E-state index in [1.54, 1.807) is 0 Å². The SMILES string of the molecule is CN(C)Cc1cnc2ccnn2c1CC1CCN(C(=O)CCc2ccccc2)CC1. The number of rotatable bonds is 7. The third kappa shape index (κ3) is 4.87. The van der Waals surface area contributed by atoms with Crippen LogP contribution in [0.2, 0.25) is 0 Å². The van der Waals surface area contributed by atoms with Gasteiger partial charge in [0.25, 0.3) is 0 Å². The maximum atomic E-state index is 12.6. The highest BCUT2D eigenvalue weighted by atomic mass is 16.2. The van der Waals surface area contributed by atoms with E-state index in [1.807, 2.05) is 41.2 Å². The van der Waals surface area contributed by atoms with Crippen molar-refractivity contribution < 1.29 is 4.79 Å². The summed E-state index contributed by atoms with van der Waals surface area (Å²) in [5, 5.41) is 4.52. The number of amides is 1. The first-order valence-corrected chi connectivity index (χ1v) is 10.9. The first kappa shape index (κ1) is 20.5. The van der Waals surface area contributed by atoms with Crippen molar-refractivity contribution >= 4 is 11.6 Å². The molecule has 1 aliphatic heterocycles. The van der Waals surface area contributed by atoms with Gasteiger partial charge < -0.3 is 9.80 Å². The van der Waals surface area contributed by atoms with Crippen molar-refractivity contribution in [2.75, 3.05) is 27.2 Å². The van der Waals surface area contributed by atoms with Crippen LogP contribution in [0.15, 0.2) is 48.8 Å². The molecule has 6 heteroatoms. The number of hydrogen-bond donors (Lipinski definition) is 0. The van der Waals surface area contributed by atoms with E-state index < -0.39 is 0 Å². The van der Waals surface area contributed by atoms with Crippen molar-refractivity contribution in [2.45, 2.75) is 38.6 Å². The van der Waals surface area contributed by atoms with Crippen LogP contribution >= 0.6 is 0 Å². The first-order valence-electron chi connectivity index (χ1n) is 10.9. The van der Waals surface area contributed by atoms with Gasteiger partial charge in [0, 0.05) is 43.9 Å². The summed E-state index contributed by atoms with van der Waals surface area (Å²) in [6.45, 7) is 2.57. The Morgan fingerprint density at radius 2 is 1.90 bits per heavy atom. The molecule has 6 nitrogen and oxygen atoms in total. The van der Waals surface area contributed by atoms with Gasteiger partial charge in [-0.15, -0.1) is 0 Å². The molecule has 0 unspecified atom stereocenters. The smallest absolute Gasteiger partial charge is 0.222 e. The normalized spacial score (nSPS) is 15.2. The van der Waals surface area contributed by atoms with E-state index in [0.29, 0.717) is 12.3 Å². The Bertz CT molecular complexity index is 974. The third-order valence-electron chi connectivity index (χ3n) is 6.01. The van der Waals surface area contributed by atoms with Crippen LogP contribution in [-0.2, 0) is 24.2 Å². The lowest BCUT2D eigenvalue weighted by Gasteiger charge is -2.32. The average molecular weight is 406 g/mol. The van der Waals surface area contributed by atoms with Crippen LogP contribution in [0.25, 0.3) is 5.65 Å². The second kappa shape index (κ2) is 9.39. The lowest BCUT2D eigenvalue weighted by Crippen LogP contribution is -2.39. The van der Waals surface area contributed by atoms with Crippen LogP contribution < -0.4 is 0 Å². The van der Waals surface area contributed by atoms with Gasteiger partial charge in [-0.25, -0.2) is 9.50 Å². The molecule has 0 radical (unpaired) electrons. The quantitative estimate of drug-likeness (QED) is 0.606. The molecule has 1 saturated heterocycles. The zero-order valence-corrected chi connectivity index (χ0v) is 18.0. The minimum absolute atomic E-state index is 0.281. The largest absolute Gasteiger partial charge is 0.343 e. The Morgan fingerprint density at radius 1 is 1.13 bits per heavy atom. The molecule has 1 fully saturated rings. The number of carbonyl (C=O) groups is 1. The van der Waals surface area contributed by atoms with Crippen LogP contribution in [0.4, 0.5) is 0 Å². The van der Waals surface area contributed by atoms with Crippen LogP contribution in [-0.4, -0.2) is 57.5 Å². The zero-order chi connectivity index (χ0) is 20.9. The van der Waals surface area contributed by atoms with E-state index in [2.05, 4.69) is 46.1 Å². The van der Waals surface area contributed by atoms with Gasteiger partial charge in [-0.1, -0.05) is 30.3 Å². The molecule has 1 aliphatic rings. The van der Waals surface area contributed by atoms with E-state index in [-0.39, 0.29) is 5.91 Å². The van der Waals surface area contributed by atoms with E-state index >= 15 is 0 Å². The molecule has 1 aromatic carbocycles. The number of piperidine rings is 1. The lowest BCUT2D eigenvalue weighted by atomic mass is 9.90. The number of benzene rings is 1. The fourth-order valence-corrected chi connectivity index (χ4v) is 4.36. The number of likely N-dealkylation sites (tertiary alicyclic amines) is 1. The molecular formula is C24H31N5O. The summed E-state index contributed by atoms with van der Waals surface area (Å²) in [6, 6.07) is 12.2. The summed E-state index contributed by atoms with van der Waals surface area (Å²) in [5.41, 5.74) is 4.63. The Morgan fingerprint density at radius 3 is 2.63 bits per heavy atom. The van der Waals surface area contributed by atoms with E-state index in [0.717, 1.165) is 51.0 Å². The van der Waals surface area contributed by atoms with Gasteiger partial charge in [0.1, 0.15) is 0 Å². The van der Waals surface area contributed by atoms with Crippen LogP contribution in [0.3, 0.4) is 0 Å². The predicted octanol–water partition coefficient (Wildman–Crippen LogP) is 3.20. The van der Waals surface area contributed by atoms with E-state index in [9.17, 15) is 4.79 Å². The van der Waals surface area contributed by atoms with Crippen LogP contribution in [0.5, 0.6) is 0 Å². The highest BCUT2D eigenvalue weighted by molar-refractivity contribution is 5.76. The summed E-state index contributed by atoms with van der Waals surface area (Å²) < 4.78 is 2.00. The second-order valence-electron chi connectivity index (χ2n) is 8.58. The highest BCUT2D eigenvalue weighted by Crippen LogP contribution is 2.24. The molecule has 2 aromatic heterocycles. The van der Waals surface area contributed by atoms with Gasteiger partial charge >= 0.3 is 0 Å². The Kier molecular flexibility index (Phi) is 6.43. The minimum Gasteiger partial charge on any atom is -0.343 e. The second-order valence-corrected chi connectivity index (χ2v) is 8.58. The van der Waals surface area contributed by atoms with Crippen LogP contribution in [0, 0.1) is 5.92 Å². The van der Waals surface area contributed by atoms with Gasteiger partial charge in [-0.3, -0.25) is 4.79 Å². The Hall–Kier alpha value is -2.73. The van der Waals surface area contributed by atoms with E-state index in [1.165, 1.54) is 16.8 Å². The molecule has 30 heavy (non-hydrogen) atoms. The molecule has 0 spiro atoms. The number of hydrogen-bond acceptors (Lipinski definition) is 4. The summed E-state index contributed by atoms with van der Waals surface area (Å²) in [4.78, 5) is 21.4. The Labute approximate surface area is 178 Å². The molecule has 1 amide bonds. The van der Waals surface area contributed by atoms with Gasteiger partial charge in [0.15, 0.2) is 5.65 Å². The van der Waals surface area contributed by atoms with Gasteiger partial charge in [-0.05, 0) is 51.3 Å². The topological polar surface area (TPSA) is 53.7 Å². The van der Waals surface area contributed by atoms with Crippen molar-refractivity contribution in [3.05, 3.63) is 65.6 Å². The van der Waals surface area contributed by atoms with E-state index in [4.69, 9.17) is 0 Å². The van der Waals surface area contributed by atoms with Gasteiger partial charge in [0.05, 0.1) is 11.9 Å². The molecule has 0 bridgehead atoms. The lowest BCUT2D eigenvalue weighted by molar-refractivity contribution is -0.132. The van der Waals surface area contributed by atoms with Crippen molar-refractivity contribution in [3.63, 3.8) is 0 Å². The van der Waals surface area contributed by atoms with Gasteiger partial charge in [0.2, 0.25) is 5.91 Å². The average Bonchev–Trinajstić information content (AvgIpc) is 3.24. The summed E-state index contributed by atoms with van der Waals surface area (Å²) in [6.07, 6.45) is 8.30. The molecule has 3 aromatic rings. The standard InChI is InChI=1S/C24H31N5O/c1-27(2)18-21-17-25-23-10-13-26-29(23)22(21)16-20-11-14-28(15-12-20)24(30)9-8-19-6-4-3-5-7-19/h3-7,10,13,17,20H,8-9,11-12,14-16,18H2,1-2H3. The summed E-state index contributed by atoms with van der Waals surface area (Å²) >= 11 is 0. The minimum atomic E-state index is 0.281. The molecule has 0 saturated carbocycles. The number of fused-ring (bicyclic) bond motifs is 1. The van der Waals surface area contributed by atoms with Crippen molar-refractivity contribution in [2.24, 2.45) is 5.92 Å². The maximum absolute atomic E-state index is 12.6. The molecule has 0 N–H and O–H groups in total. The molecular weight excluding hydrogens is 374 g/mol. The zero-order valence-electron chi connectivity index (χ0n) is 18.0. The van der Waals surface area contributed by atoms with Crippen LogP contribution in [0.1, 0.15) is 36.1 Å². The maximum Gasteiger partial charge on any atom is 0.222 e. The third-order valence-corrected chi connectivity index (χ3v) is 6.01. The molecule has 158 valence electrons. The number of carbonyl (C=O) groups excluding carboxylic acids is 1. The monoisotopic (exact) mass is 405 g/mol. The molecule has 4 rings (SSSR count). The number of aromatic nitrogens is 3. The van der Waals surface area contributed by atoms with Crippen molar-refractivity contribution in [3.8, 4) is 0 Å².